The van der Waals surface area contributed by atoms with Gasteiger partial charge in [-0.3, -0.25) is 0 Å². The van der Waals surface area contributed by atoms with Crippen LogP contribution < -0.4 is 0 Å². The van der Waals surface area contributed by atoms with Gasteiger partial charge in [0.2, 0.25) is 0 Å². The van der Waals surface area contributed by atoms with Crippen LogP contribution in [0.4, 0.5) is 4.79 Å². The minimum absolute atomic E-state index is 0.298. The van der Waals surface area contributed by atoms with Crippen LogP contribution in [0.2, 0.25) is 0 Å². The molecule has 2 amide bonds. The van der Waals surface area contributed by atoms with Crippen LogP contribution in [0.3, 0.4) is 0 Å². The molecule has 98 valence electrons. The van der Waals surface area contributed by atoms with Gasteiger partial charge in [-0.1, -0.05) is 12.8 Å². The van der Waals surface area contributed by atoms with E-state index in [4.69, 9.17) is 0 Å². The zero-order valence-corrected chi connectivity index (χ0v) is 11.3. The molecule has 2 aliphatic heterocycles. The van der Waals surface area contributed by atoms with Crippen LogP contribution in [0, 0.1) is 0 Å². The molecule has 0 spiro atoms. The summed E-state index contributed by atoms with van der Waals surface area (Å²) in [6.45, 7) is 6.33. The van der Waals surface area contributed by atoms with Gasteiger partial charge in [0.15, 0.2) is 0 Å². The summed E-state index contributed by atoms with van der Waals surface area (Å²) in [7, 11) is 0. The Morgan fingerprint density at radius 1 is 0.882 bits per heavy atom. The fourth-order valence-corrected chi connectivity index (χ4v) is 3.22. The molecule has 2 unspecified atom stereocenters. The van der Waals surface area contributed by atoms with Gasteiger partial charge in [0.1, 0.15) is 0 Å². The van der Waals surface area contributed by atoms with E-state index in [0.29, 0.717) is 18.1 Å². The second-order valence-corrected chi connectivity index (χ2v) is 5.72. The second kappa shape index (κ2) is 5.74. The molecular formula is C14H26N2O. The predicted octanol–water partition coefficient (Wildman–Crippen LogP) is 3.25. The summed E-state index contributed by atoms with van der Waals surface area (Å²) in [5.41, 5.74) is 0. The standard InChI is InChI=1S/C14H26N2O/c1-12-8-7-9-13(2)16(12)14(17)15-10-5-3-4-6-11-15/h12-13H,3-11H2,1-2H3. The molecule has 2 atom stereocenters. The predicted molar refractivity (Wildman–Crippen MR) is 70.1 cm³/mol. The summed E-state index contributed by atoms with van der Waals surface area (Å²) >= 11 is 0. The Hall–Kier alpha value is -0.730. The van der Waals surface area contributed by atoms with Crippen molar-refractivity contribution in [1.82, 2.24) is 9.80 Å². The Bertz CT molecular complexity index is 249. The first-order valence-corrected chi connectivity index (χ1v) is 7.27. The van der Waals surface area contributed by atoms with Gasteiger partial charge in [-0.15, -0.1) is 0 Å². The van der Waals surface area contributed by atoms with Crippen LogP contribution in [-0.4, -0.2) is 41.0 Å². The van der Waals surface area contributed by atoms with E-state index in [-0.39, 0.29) is 0 Å². The Kier molecular flexibility index (Phi) is 4.30. The molecule has 2 heterocycles. The summed E-state index contributed by atoms with van der Waals surface area (Å²) in [5, 5.41) is 0. The lowest BCUT2D eigenvalue weighted by atomic mass is 9.98. The minimum atomic E-state index is 0.298. The summed E-state index contributed by atoms with van der Waals surface area (Å²) in [4.78, 5) is 16.8. The van der Waals surface area contributed by atoms with Crippen molar-refractivity contribution in [2.45, 2.75) is 70.9 Å². The van der Waals surface area contributed by atoms with Crippen LogP contribution in [0.25, 0.3) is 0 Å². The van der Waals surface area contributed by atoms with E-state index in [1.54, 1.807) is 0 Å². The Balaban J connectivity index is 2.01. The van der Waals surface area contributed by atoms with Crippen LogP contribution in [0.1, 0.15) is 58.8 Å². The van der Waals surface area contributed by atoms with Gasteiger partial charge in [0.05, 0.1) is 0 Å². The van der Waals surface area contributed by atoms with Crippen molar-refractivity contribution < 1.29 is 4.79 Å². The first kappa shape index (κ1) is 12.7. The molecule has 2 saturated heterocycles. The quantitative estimate of drug-likeness (QED) is 0.635. The highest BCUT2D eigenvalue weighted by Crippen LogP contribution is 2.24. The van der Waals surface area contributed by atoms with Gasteiger partial charge in [-0.2, -0.15) is 0 Å². The molecule has 0 N–H and O–H groups in total. The van der Waals surface area contributed by atoms with Gasteiger partial charge in [0.25, 0.3) is 0 Å². The maximum absolute atomic E-state index is 12.6. The smallest absolute Gasteiger partial charge is 0.320 e. The number of carbonyl (C=O) groups is 1. The first-order valence-electron chi connectivity index (χ1n) is 7.27. The molecule has 0 aromatic rings. The SMILES string of the molecule is CC1CCCC(C)N1C(=O)N1CCCCCC1. The minimum Gasteiger partial charge on any atom is -0.325 e. The van der Waals surface area contributed by atoms with E-state index in [0.717, 1.165) is 13.1 Å². The second-order valence-electron chi connectivity index (χ2n) is 5.72. The topological polar surface area (TPSA) is 23.6 Å². The van der Waals surface area contributed by atoms with E-state index in [9.17, 15) is 4.79 Å². The number of nitrogens with zero attached hydrogens (tertiary/aromatic N) is 2. The van der Waals surface area contributed by atoms with E-state index in [2.05, 4.69) is 23.6 Å². The molecule has 0 bridgehead atoms. The summed E-state index contributed by atoms with van der Waals surface area (Å²) in [6, 6.07) is 1.15. The number of urea groups is 1. The molecule has 2 aliphatic rings. The molecule has 0 aromatic heterocycles. The number of carbonyl (C=O) groups excluding carboxylic acids is 1. The molecule has 0 radical (unpaired) electrons. The molecule has 17 heavy (non-hydrogen) atoms. The number of rotatable bonds is 0. The lowest BCUT2D eigenvalue weighted by Gasteiger charge is -2.41. The maximum atomic E-state index is 12.6. The average molecular weight is 238 g/mol. The van der Waals surface area contributed by atoms with Crippen molar-refractivity contribution in [2.75, 3.05) is 13.1 Å². The molecular weight excluding hydrogens is 212 g/mol. The number of amides is 2. The van der Waals surface area contributed by atoms with Gasteiger partial charge in [-0.05, 0) is 46.0 Å². The van der Waals surface area contributed by atoms with Crippen LogP contribution in [0.5, 0.6) is 0 Å². The molecule has 2 fully saturated rings. The summed E-state index contributed by atoms with van der Waals surface area (Å²) in [6.07, 6.45) is 8.55. The van der Waals surface area contributed by atoms with Crippen molar-refractivity contribution in [2.24, 2.45) is 0 Å². The Labute approximate surface area is 105 Å². The van der Waals surface area contributed by atoms with Crippen molar-refractivity contribution in [3.63, 3.8) is 0 Å². The highest BCUT2D eigenvalue weighted by Gasteiger charge is 2.31. The van der Waals surface area contributed by atoms with Gasteiger partial charge in [-0.25, -0.2) is 4.79 Å². The van der Waals surface area contributed by atoms with Crippen molar-refractivity contribution in [3.05, 3.63) is 0 Å². The zero-order chi connectivity index (χ0) is 12.3. The summed E-state index contributed by atoms with van der Waals surface area (Å²) < 4.78 is 0. The normalized spacial score (nSPS) is 31.2. The van der Waals surface area contributed by atoms with Crippen molar-refractivity contribution in [3.8, 4) is 0 Å². The largest absolute Gasteiger partial charge is 0.325 e. The van der Waals surface area contributed by atoms with E-state index in [1.165, 1.54) is 44.9 Å². The van der Waals surface area contributed by atoms with Crippen molar-refractivity contribution in [1.29, 1.82) is 0 Å². The third-order valence-electron chi connectivity index (χ3n) is 4.29. The van der Waals surface area contributed by atoms with Gasteiger partial charge >= 0.3 is 6.03 Å². The van der Waals surface area contributed by atoms with Crippen LogP contribution >= 0.6 is 0 Å². The van der Waals surface area contributed by atoms with E-state index in [1.807, 2.05) is 0 Å². The number of piperidine rings is 1. The molecule has 3 heteroatoms. The molecule has 2 rings (SSSR count). The fourth-order valence-electron chi connectivity index (χ4n) is 3.22. The first-order chi connectivity index (χ1) is 8.20. The van der Waals surface area contributed by atoms with E-state index >= 15 is 0 Å². The Morgan fingerprint density at radius 3 is 1.94 bits per heavy atom. The zero-order valence-electron chi connectivity index (χ0n) is 11.3. The van der Waals surface area contributed by atoms with E-state index < -0.39 is 0 Å². The molecule has 0 aliphatic carbocycles. The highest BCUT2D eigenvalue weighted by molar-refractivity contribution is 5.75. The van der Waals surface area contributed by atoms with Gasteiger partial charge < -0.3 is 9.80 Å². The lowest BCUT2D eigenvalue weighted by molar-refractivity contribution is 0.0931. The Morgan fingerprint density at radius 2 is 1.41 bits per heavy atom. The molecule has 0 aromatic carbocycles. The average Bonchev–Trinajstić information content (AvgIpc) is 2.57. The van der Waals surface area contributed by atoms with Gasteiger partial charge in [0, 0.05) is 25.2 Å². The third kappa shape index (κ3) is 2.93. The van der Waals surface area contributed by atoms with Crippen LogP contribution in [0.15, 0.2) is 0 Å². The number of hydrogen-bond donors (Lipinski definition) is 0. The summed E-state index contributed by atoms with van der Waals surface area (Å²) in [5.74, 6) is 0. The third-order valence-corrected chi connectivity index (χ3v) is 4.29. The monoisotopic (exact) mass is 238 g/mol. The highest BCUT2D eigenvalue weighted by atomic mass is 16.2. The molecule has 0 saturated carbocycles. The van der Waals surface area contributed by atoms with Crippen LogP contribution in [-0.2, 0) is 0 Å². The number of likely N-dealkylation sites (tertiary alicyclic amines) is 2. The maximum Gasteiger partial charge on any atom is 0.320 e. The lowest BCUT2D eigenvalue weighted by Crippen LogP contribution is -2.53. The van der Waals surface area contributed by atoms with Crippen molar-refractivity contribution >= 4 is 6.03 Å². The fraction of sp³-hybridized carbons (Fsp3) is 0.929. The number of hydrogen-bond acceptors (Lipinski definition) is 1. The molecule has 3 nitrogen and oxygen atoms in total.